The molecule has 0 aliphatic carbocycles. The van der Waals surface area contributed by atoms with Gasteiger partial charge in [-0.2, -0.15) is 5.26 Å². The summed E-state index contributed by atoms with van der Waals surface area (Å²) in [4.78, 5) is 34.6. The molecule has 0 bridgehead atoms. The molecule has 7 heteroatoms. The Morgan fingerprint density at radius 3 is 2.21 bits per heavy atom. The maximum Gasteiger partial charge on any atom is 0.345 e. The molecule has 0 aromatic rings. The molecule has 0 aliphatic rings. The number of carboxylic acids is 1. The number of carbonyl (C=O) groups is 3. The zero-order valence-corrected chi connectivity index (χ0v) is 7.43. The minimum Gasteiger partial charge on any atom is -0.481 e. The van der Waals surface area contributed by atoms with Crippen LogP contribution in [0.3, 0.4) is 0 Å². The maximum atomic E-state index is 10.5. The molecule has 0 amide bonds. The quantitative estimate of drug-likeness (QED) is 0.364. The molecule has 0 radical (unpaired) electrons. The fourth-order valence-electron chi connectivity index (χ4n) is 0.808. The summed E-state index contributed by atoms with van der Waals surface area (Å²) in [5.41, 5.74) is 0. The van der Waals surface area contributed by atoms with Gasteiger partial charge >= 0.3 is 17.9 Å². The highest BCUT2D eigenvalue weighted by Gasteiger charge is 2.21. The van der Waals surface area contributed by atoms with E-state index < -0.39 is 36.9 Å². The summed E-state index contributed by atoms with van der Waals surface area (Å²) in [5.74, 6) is -2.98. The Kier molecular flexibility index (Phi) is 5.23. The van der Waals surface area contributed by atoms with E-state index in [9.17, 15) is 14.4 Å². The third-order valence-corrected chi connectivity index (χ3v) is 1.23. The average Bonchev–Trinajstić information content (AvgIpc) is 2.01. The van der Waals surface area contributed by atoms with E-state index in [0.717, 1.165) is 6.92 Å². The van der Waals surface area contributed by atoms with E-state index in [1.54, 1.807) is 0 Å². The lowest BCUT2D eigenvalue weighted by Crippen LogP contribution is -2.24. The van der Waals surface area contributed by atoms with Crippen LogP contribution in [0, 0.1) is 0 Å². The molecular weight excluding hydrogens is 196 g/mol. The van der Waals surface area contributed by atoms with E-state index in [4.69, 9.17) is 10.4 Å². The van der Waals surface area contributed by atoms with Crippen LogP contribution in [0.4, 0.5) is 0 Å². The molecule has 0 saturated heterocycles. The second-order valence-electron chi connectivity index (χ2n) is 2.50. The standard InChI is InChI=1S/C7H10O7/c1-4(8)13-5(2-6(9)10)3-7(11)14-12/h5,12H,2-3H2,1H3,(H,9,10). The molecule has 1 unspecified atom stereocenters. The van der Waals surface area contributed by atoms with Crippen molar-refractivity contribution >= 4 is 17.9 Å². The molecule has 0 saturated carbocycles. The van der Waals surface area contributed by atoms with E-state index in [2.05, 4.69) is 9.62 Å². The second kappa shape index (κ2) is 5.92. The van der Waals surface area contributed by atoms with Crippen LogP contribution in [0.25, 0.3) is 0 Å². The fraction of sp³-hybridized carbons (Fsp3) is 0.571. The maximum absolute atomic E-state index is 10.5. The van der Waals surface area contributed by atoms with Gasteiger partial charge in [0.05, 0.1) is 12.8 Å². The number of esters is 1. The average molecular weight is 206 g/mol. The van der Waals surface area contributed by atoms with Gasteiger partial charge in [-0.15, -0.1) is 0 Å². The first kappa shape index (κ1) is 12.4. The van der Waals surface area contributed by atoms with Gasteiger partial charge in [-0.1, -0.05) is 0 Å². The van der Waals surface area contributed by atoms with E-state index >= 15 is 0 Å². The van der Waals surface area contributed by atoms with Crippen LogP contribution in [-0.4, -0.2) is 34.4 Å². The van der Waals surface area contributed by atoms with Crippen molar-refractivity contribution in [2.75, 3.05) is 0 Å². The third-order valence-electron chi connectivity index (χ3n) is 1.23. The fourth-order valence-corrected chi connectivity index (χ4v) is 0.808. The highest BCUT2D eigenvalue weighted by molar-refractivity contribution is 5.74. The summed E-state index contributed by atoms with van der Waals surface area (Å²) in [6, 6.07) is 0. The number of hydrogen-bond donors (Lipinski definition) is 2. The summed E-state index contributed by atoms with van der Waals surface area (Å²) < 4.78 is 4.50. The van der Waals surface area contributed by atoms with Crippen molar-refractivity contribution in [2.45, 2.75) is 25.9 Å². The van der Waals surface area contributed by atoms with Gasteiger partial charge in [0.1, 0.15) is 6.10 Å². The molecule has 0 heterocycles. The highest BCUT2D eigenvalue weighted by atomic mass is 17.1. The lowest BCUT2D eigenvalue weighted by Gasteiger charge is -2.12. The van der Waals surface area contributed by atoms with Crippen molar-refractivity contribution in [1.82, 2.24) is 0 Å². The predicted molar refractivity (Wildman–Crippen MR) is 41.1 cm³/mol. The summed E-state index contributed by atoms with van der Waals surface area (Å²) in [7, 11) is 0. The van der Waals surface area contributed by atoms with Crippen molar-refractivity contribution in [3.63, 3.8) is 0 Å². The first-order valence-corrected chi connectivity index (χ1v) is 3.69. The van der Waals surface area contributed by atoms with Crippen molar-refractivity contribution in [3.8, 4) is 0 Å². The van der Waals surface area contributed by atoms with Gasteiger partial charge in [-0.3, -0.25) is 9.59 Å². The SMILES string of the molecule is CC(=O)OC(CC(=O)O)CC(=O)OO. The monoisotopic (exact) mass is 206 g/mol. The number of carboxylic acid groups (broad SMARTS) is 1. The smallest absolute Gasteiger partial charge is 0.345 e. The normalized spacial score (nSPS) is 11.6. The number of rotatable bonds is 5. The van der Waals surface area contributed by atoms with Crippen molar-refractivity contribution in [3.05, 3.63) is 0 Å². The van der Waals surface area contributed by atoms with Gasteiger partial charge in [-0.05, 0) is 0 Å². The van der Waals surface area contributed by atoms with E-state index in [1.165, 1.54) is 0 Å². The van der Waals surface area contributed by atoms with Crippen LogP contribution >= 0.6 is 0 Å². The summed E-state index contributed by atoms with van der Waals surface area (Å²) in [5, 5.41) is 16.3. The zero-order valence-electron chi connectivity index (χ0n) is 7.43. The zero-order chi connectivity index (χ0) is 11.1. The Bertz CT molecular complexity index is 218. The van der Waals surface area contributed by atoms with Gasteiger partial charge in [0.2, 0.25) is 0 Å². The molecular formula is C7H10O7. The molecule has 7 nitrogen and oxygen atoms in total. The first-order chi connectivity index (χ1) is 6.45. The molecule has 1 atom stereocenters. The predicted octanol–water partition coefficient (Wildman–Crippen LogP) is -0.201. The van der Waals surface area contributed by atoms with E-state index in [1.807, 2.05) is 0 Å². The highest BCUT2D eigenvalue weighted by Crippen LogP contribution is 2.05. The number of carbonyl (C=O) groups excluding carboxylic acids is 2. The second-order valence-corrected chi connectivity index (χ2v) is 2.50. The third kappa shape index (κ3) is 5.95. The topological polar surface area (TPSA) is 110 Å². The molecule has 0 aromatic heterocycles. The molecule has 0 spiro atoms. The Hall–Kier alpha value is -1.63. The number of ether oxygens (including phenoxy) is 1. The van der Waals surface area contributed by atoms with Crippen LogP contribution in [0.15, 0.2) is 0 Å². The van der Waals surface area contributed by atoms with Crippen LogP contribution in [0.2, 0.25) is 0 Å². The molecule has 2 N–H and O–H groups in total. The van der Waals surface area contributed by atoms with Crippen LogP contribution in [0.5, 0.6) is 0 Å². The summed E-state index contributed by atoms with van der Waals surface area (Å²) >= 11 is 0. The Morgan fingerprint density at radius 1 is 1.29 bits per heavy atom. The van der Waals surface area contributed by atoms with Crippen LogP contribution < -0.4 is 0 Å². The van der Waals surface area contributed by atoms with Gasteiger partial charge < -0.3 is 14.7 Å². The molecule has 0 aliphatic heterocycles. The molecule has 0 rings (SSSR count). The van der Waals surface area contributed by atoms with Crippen molar-refractivity contribution < 1.29 is 34.4 Å². The molecule has 0 aromatic carbocycles. The Morgan fingerprint density at radius 2 is 1.86 bits per heavy atom. The lowest BCUT2D eigenvalue weighted by atomic mass is 10.2. The lowest BCUT2D eigenvalue weighted by molar-refractivity contribution is -0.236. The molecule has 0 fully saturated rings. The summed E-state index contributed by atoms with van der Waals surface area (Å²) in [6.45, 7) is 1.08. The van der Waals surface area contributed by atoms with Gasteiger partial charge in [0.15, 0.2) is 0 Å². The minimum absolute atomic E-state index is 0.498. The van der Waals surface area contributed by atoms with Gasteiger partial charge in [0.25, 0.3) is 0 Å². The van der Waals surface area contributed by atoms with Crippen LogP contribution in [-0.2, 0) is 24.0 Å². The van der Waals surface area contributed by atoms with Gasteiger partial charge in [-0.25, -0.2) is 4.79 Å². The van der Waals surface area contributed by atoms with Crippen molar-refractivity contribution in [2.24, 2.45) is 0 Å². The Labute approximate surface area is 79.2 Å². The first-order valence-electron chi connectivity index (χ1n) is 3.69. The Balaban J connectivity index is 4.16. The van der Waals surface area contributed by atoms with E-state index in [0.29, 0.717) is 0 Å². The summed E-state index contributed by atoms with van der Waals surface area (Å²) in [6.07, 6.45) is -2.14. The number of hydrogen-bond acceptors (Lipinski definition) is 6. The van der Waals surface area contributed by atoms with Crippen LogP contribution in [0.1, 0.15) is 19.8 Å². The molecule has 80 valence electrons. The minimum atomic E-state index is -1.22. The van der Waals surface area contributed by atoms with E-state index in [-0.39, 0.29) is 0 Å². The van der Waals surface area contributed by atoms with Gasteiger partial charge in [0, 0.05) is 6.92 Å². The molecule has 14 heavy (non-hydrogen) atoms. The largest absolute Gasteiger partial charge is 0.481 e. The number of aliphatic carboxylic acids is 1. The van der Waals surface area contributed by atoms with Crippen molar-refractivity contribution in [1.29, 1.82) is 0 Å².